The van der Waals surface area contributed by atoms with Gasteiger partial charge in [0.05, 0.1) is 6.04 Å². The number of ketones is 1. The van der Waals surface area contributed by atoms with Gasteiger partial charge in [0.2, 0.25) is 0 Å². The minimum absolute atomic E-state index is 0.0641. The molecule has 1 aromatic carbocycles. The highest BCUT2D eigenvalue weighted by atomic mass is 19.1. The van der Waals surface area contributed by atoms with Crippen molar-refractivity contribution in [3.63, 3.8) is 0 Å². The maximum atomic E-state index is 13.1. The highest BCUT2D eigenvalue weighted by molar-refractivity contribution is 5.86. The SMILES string of the molecule is CC(=O)C(N)Cc1c[nH]c2ccc(F)cc12. The molecule has 0 aliphatic rings. The minimum Gasteiger partial charge on any atom is -0.361 e. The van der Waals surface area contributed by atoms with Crippen LogP contribution in [0.3, 0.4) is 0 Å². The standard InChI is InChI=1S/C12H13FN2O/c1-7(16)11(14)4-8-6-15-12-3-2-9(13)5-10(8)12/h2-3,5-6,11,15H,4,14H2,1H3. The molecule has 0 spiro atoms. The summed E-state index contributed by atoms with van der Waals surface area (Å²) in [5.74, 6) is -0.351. The Labute approximate surface area is 92.4 Å². The van der Waals surface area contributed by atoms with Crippen LogP contribution in [-0.4, -0.2) is 16.8 Å². The van der Waals surface area contributed by atoms with Crippen LogP contribution in [0.1, 0.15) is 12.5 Å². The number of benzene rings is 1. The number of hydrogen-bond donors (Lipinski definition) is 2. The molecule has 1 heterocycles. The monoisotopic (exact) mass is 220 g/mol. The second-order valence-electron chi connectivity index (χ2n) is 3.93. The lowest BCUT2D eigenvalue weighted by Gasteiger charge is -2.06. The van der Waals surface area contributed by atoms with E-state index in [0.717, 1.165) is 16.5 Å². The topological polar surface area (TPSA) is 58.9 Å². The van der Waals surface area contributed by atoms with Gasteiger partial charge in [-0.05, 0) is 37.1 Å². The maximum Gasteiger partial charge on any atom is 0.146 e. The van der Waals surface area contributed by atoms with Crippen molar-refractivity contribution in [2.45, 2.75) is 19.4 Å². The predicted molar refractivity (Wildman–Crippen MR) is 60.6 cm³/mol. The number of hydrogen-bond acceptors (Lipinski definition) is 2. The van der Waals surface area contributed by atoms with E-state index in [0.29, 0.717) is 6.42 Å². The highest BCUT2D eigenvalue weighted by Crippen LogP contribution is 2.20. The lowest BCUT2D eigenvalue weighted by Crippen LogP contribution is -2.30. The van der Waals surface area contributed by atoms with Gasteiger partial charge in [-0.1, -0.05) is 0 Å². The number of aromatic amines is 1. The van der Waals surface area contributed by atoms with Crippen molar-refractivity contribution in [2.24, 2.45) is 5.73 Å². The smallest absolute Gasteiger partial charge is 0.146 e. The van der Waals surface area contributed by atoms with Crippen LogP contribution in [0.4, 0.5) is 4.39 Å². The first-order valence-electron chi connectivity index (χ1n) is 5.09. The first kappa shape index (κ1) is 10.8. The summed E-state index contributed by atoms with van der Waals surface area (Å²) in [4.78, 5) is 14.1. The van der Waals surface area contributed by atoms with E-state index >= 15 is 0 Å². The van der Waals surface area contributed by atoms with Gasteiger partial charge in [-0.25, -0.2) is 4.39 Å². The van der Waals surface area contributed by atoms with Crippen LogP contribution in [0, 0.1) is 5.82 Å². The molecule has 0 aliphatic heterocycles. The van der Waals surface area contributed by atoms with Crippen molar-refractivity contribution < 1.29 is 9.18 Å². The van der Waals surface area contributed by atoms with Gasteiger partial charge in [-0.3, -0.25) is 4.79 Å². The van der Waals surface area contributed by atoms with E-state index in [1.165, 1.54) is 19.1 Å². The van der Waals surface area contributed by atoms with Crippen LogP contribution in [-0.2, 0) is 11.2 Å². The third-order valence-corrected chi connectivity index (χ3v) is 2.69. The maximum absolute atomic E-state index is 13.1. The lowest BCUT2D eigenvalue weighted by atomic mass is 10.0. The number of fused-ring (bicyclic) bond motifs is 1. The Kier molecular flexibility index (Phi) is 2.75. The number of Topliss-reactive ketones (excluding diaryl/α,β-unsaturated/α-hetero) is 1. The zero-order valence-electron chi connectivity index (χ0n) is 8.96. The normalized spacial score (nSPS) is 12.9. The Bertz CT molecular complexity index is 533. The summed E-state index contributed by atoms with van der Waals surface area (Å²) >= 11 is 0. The van der Waals surface area contributed by atoms with Gasteiger partial charge < -0.3 is 10.7 Å². The Balaban J connectivity index is 2.37. The molecule has 1 aromatic heterocycles. The number of nitrogens with one attached hydrogen (secondary N) is 1. The summed E-state index contributed by atoms with van der Waals surface area (Å²) < 4.78 is 13.1. The molecule has 0 amide bonds. The number of carbonyl (C=O) groups excluding carboxylic acids is 1. The highest BCUT2D eigenvalue weighted by Gasteiger charge is 2.12. The van der Waals surface area contributed by atoms with Crippen LogP contribution < -0.4 is 5.73 Å². The Morgan fingerprint density at radius 1 is 1.56 bits per heavy atom. The summed E-state index contributed by atoms with van der Waals surface area (Å²) in [6.07, 6.45) is 2.20. The second-order valence-corrected chi connectivity index (χ2v) is 3.93. The van der Waals surface area contributed by atoms with Gasteiger partial charge in [0, 0.05) is 17.1 Å². The number of halogens is 1. The average Bonchev–Trinajstić information content (AvgIpc) is 2.61. The first-order valence-corrected chi connectivity index (χ1v) is 5.09. The van der Waals surface area contributed by atoms with E-state index in [1.807, 2.05) is 0 Å². The van der Waals surface area contributed by atoms with Crippen molar-refractivity contribution in [3.8, 4) is 0 Å². The molecule has 0 fully saturated rings. The molecule has 4 heteroatoms. The van der Waals surface area contributed by atoms with Gasteiger partial charge in [0.25, 0.3) is 0 Å². The Hall–Kier alpha value is -1.68. The Morgan fingerprint density at radius 3 is 3.00 bits per heavy atom. The number of aromatic nitrogens is 1. The molecule has 0 saturated carbocycles. The number of rotatable bonds is 3. The summed E-state index contributed by atoms with van der Waals surface area (Å²) in [6.45, 7) is 1.46. The van der Waals surface area contributed by atoms with E-state index in [-0.39, 0.29) is 11.6 Å². The molecule has 16 heavy (non-hydrogen) atoms. The Morgan fingerprint density at radius 2 is 2.31 bits per heavy atom. The van der Waals surface area contributed by atoms with Crippen molar-refractivity contribution in [3.05, 3.63) is 35.8 Å². The van der Waals surface area contributed by atoms with Gasteiger partial charge in [0.15, 0.2) is 0 Å². The van der Waals surface area contributed by atoms with Crippen LogP contribution in [0.2, 0.25) is 0 Å². The van der Waals surface area contributed by atoms with Crippen molar-refractivity contribution in [1.82, 2.24) is 4.98 Å². The molecule has 2 aromatic rings. The molecular weight excluding hydrogens is 207 g/mol. The van der Waals surface area contributed by atoms with Crippen molar-refractivity contribution in [1.29, 1.82) is 0 Å². The van der Waals surface area contributed by atoms with Gasteiger partial charge in [0.1, 0.15) is 11.6 Å². The van der Waals surface area contributed by atoms with E-state index in [1.54, 1.807) is 12.3 Å². The van der Waals surface area contributed by atoms with E-state index in [4.69, 9.17) is 5.73 Å². The van der Waals surface area contributed by atoms with Gasteiger partial charge in [-0.2, -0.15) is 0 Å². The molecule has 84 valence electrons. The molecule has 1 unspecified atom stereocenters. The zero-order valence-corrected chi connectivity index (χ0v) is 8.96. The lowest BCUT2D eigenvalue weighted by molar-refractivity contribution is -0.118. The fourth-order valence-electron chi connectivity index (χ4n) is 1.70. The summed E-state index contributed by atoms with van der Waals surface area (Å²) in [5.41, 5.74) is 7.41. The summed E-state index contributed by atoms with van der Waals surface area (Å²) in [6, 6.07) is 4.00. The number of carbonyl (C=O) groups is 1. The van der Waals surface area contributed by atoms with Crippen LogP contribution >= 0.6 is 0 Å². The molecule has 3 N–H and O–H groups in total. The fourth-order valence-corrected chi connectivity index (χ4v) is 1.70. The molecule has 0 aliphatic carbocycles. The largest absolute Gasteiger partial charge is 0.361 e. The molecular formula is C12H13FN2O. The van der Waals surface area contributed by atoms with Gasteiger partial charge >= 0.3 is 0 Å². The molecule has 0 bridgehead atoms. The third-order valence-electron chi connectivity index (χ3n) is 2.69. The first-order chi connectivity index (χ1) is 7.58. The van der Waals surface area contributed by atoms with E-state index < -0.39 is 6.04 Å². The molecule has 2 rings (SSSR count). The quantitative estimate of drug-likeness (QED) is 0.828. The fraction of sp³-hybridized carbons (Fsp3) is 0.250. The van der Waals surface area contributed by atoms with Crippen molar-refractivity contribution in [2.75, 3.05) is 0 Å². The third kappa shape index (κ3) is 1.97. The van der Waals surface area contributed by atoms with Crippen LogP contribution in [0.15, 0.2) is 24.4 Å². The van der Waals surface area contributed by atoms with Crippen LogP contribution in [0.5, 0.6) is 0 Å². The summed E-state index contributed by atoms with van der Waals surface area (Å²) in [7, 11) is 0. The number of nitrogens with two attached hydrogens (primary N) is 1. The molecule has 1 atom stereocenters. The molecule has 0 saturated heterocycles. The molecule has 3 nitrogen and oxygen atoms in total. The summed E-state index contributed by atoms with van der Waals surface area (Å²) in [5, 5.41) is 0.789. The number of H-pyrrole nitrogens is 1. The minimum atomic E-state index is -0.526. The second kappa shape index (κ2) is 4.06. The van der Waals surface area contributed by atoms with Crippen molar-refractivity contribution >= 4 is 16.7 Å². The predicted octanol–water partition coefficient (Wildman–Crippen LogP) is 1.77. The van der Waals surface area contributed by atoms with Crippen LogP contribution in [0.25, 0.3) is 10.9 Å². The van der Waals surface area contributed by atoms with Gasteiger partial charge in [-0.15, -0.1) is 0 Å². The van der Waals surface area contributed by atoms with E-state index in [2.05, 4.69) is 4.98 Å². The average molecular weight is 220 g/mol. The van der Waals surface area contributed by atoms with E-state index in [9.17, 15) is 9.18 Å². The molecule has 0 radical (unpaired) electrons. The zero-order chi connectivity index (χ0) is 11.7.